The highest BCUT2D eigenvalue weighted by Crippen LogP contribution is 2.29. The molecule has 5 nitrogen and oxygen atoms in total. The predicted octanol–water partition coefficient (Wildman–Crippen LogP) is 2.12. The summed E-state index contributed by atoms with van der Waals surface area (Å²) in [5.41, 5.74) is 6.25. The molecular formula is C13H24N2O3S2. The molecule has 0 amide bonds. The third-order valence-electron chi connectivity index (χ3n) is 3.53. The Hall–Kier alpha value is -0.500. The molecule has 0 aliphatic carbocycles. The molecular weight excluding hydrogens is 296 g/mol. The minimum Gasteiger partial charge on any atom is -0.465 e. The first-order valence-electron chi connectivity index (χ1n) is 6.53. The van der Waals surface area contributed by atoms with Crippen LogP contribution in [0.25, 0.3) is 0 Å². The van der Waals surface area contributed by atoms with E-state index in [0.717, 1.165) is 12.2 Å². The Morgan fingerprint density at radius 2 is 1.95 bits per heavy atom. The maximum absolute atomic E-state index is 12.8. The van der Waals surface area contributed by atoms with Gasteiger partial charge in [0.1, 0.15) is 16.4 Å². The Morgan fingerprint density at radius 1 is 1.35 bits per heavy atom. The fraction of sp³-hybridized carbons (Fsp3) is 0.692. The molecule has 0 radical (unpaired) electrons. The summed E-state index contributed by atoms with van der Waals surface area (Å²) in [6.45, 7) is 5.48. The van der Waals surface area contributed by atoms with Crippen molar-refractivity contribution in [2.75, 3.05) is 19.1 Å². The summed E-state index contributed by atoms with van der Waals surface area (Å²) in [6.07, 6.45) is 2.82. The monoisotopic (exact) mass is 320 g/mol. The molecule has 2 N–H and O–H groups in total. The summed E-state index contributed by atoms with van der Waals surface area (Å²) in [5, 5.41) is 0. The number of thioether (sulfide) groups is 1. The number of nitrogens with zero attached hydrogens (tertiary/aromatic N) is 1. The van der Waals surface area contributed by atoms with Gasteiger partial charge in [0, 0.05) is 25.2 Å². The summed E-state index contributed by atoms with van der Waals surface area (Å²) in [5.74, 6) is 1.91. The van der Waals surface area contributed by atoms with Crippen molar-refractivity contribution in [2.24, 2.45) is 5.73 Å². The van der Waals surface area contributed by atoms with E-state index in [4.69, 9.17) is 10.2 Å². The zero-order valence-electron chi connectivity index (χ0n) is 12.8. The van der Waals surface area contributed by atoms with Crippen LogP contribution in [0.3, 0.4) is 0 Å². The molecule has 1 unspecified atom stereocenters. The number of furan rings is 1. The second-order valence-corrected chi connectivity index (χ2v) is 7.80. The summed E-state index contributed by atoms with van der Waals surface area (Å²) in [6, 6.07) is -0.0623. The van der Waals surface area contributed by atoms with Gasteiger partial charge in [-0.15, -0.1) is 0 Å². The SMILES string of the molecule is CSCCC(C)N(C)S(=O)(=O)c1c(C)oc(C)c1CN. The van der Waals surface area contributed by atoms with E-state index in [0.29, 0.717) is 17.1 Å². The van der Waals surface area contributed by atoms with Crippen LogP contribution in [0.5, 0.6) is 0 Å². The van der Waals surface area contributed by atoms with Gasteiger partial charge in [-0.05, 0) is 39.2 Å². The van der Waals surface area contributed by atoms with Crippen molar-refractivity contribution < 1.29 is 12.8 Å². The molecule has 0 saturated carbocycles. The Kier molecular flexibility index (Phi) is 6.12. The zero-order chi connectivity index (χ0) is 15.5. The topological polar surface area (TPSA) is 76.5 Å². The molecule has 20 heavy (non-hydrogen) atoms. The van der Waals surface area contributed by atoms with Gasteiger partial charge in [-0.1, -0.05) is 0 Å². The maximum Gasteiger partial charge on any atom is 0.246 e. The molecule has 116 valence electrons. The lowest BCUT2D eigenvalue weighted by Crippen LogP contribution is -2.36. The van der Waals surface area contributed by atoms with Crippen LogP contribution >= 0.6 is 11.8 Å². The third kappa shape index (κ3) is 3.39. The van der Waals surface area contributed by atoms with Crippen molar-refractivity contribution >= 4 is 21.8 Å². The number of nitrogens with two attached hydrogens (primary N) is 1. The van der Waals surface area contributed by atoms with Gasteiger partial charge in [-0.2, -0.15) is 16.1 Å². The van der Waals surface area contributed by atoms with E-state index >= 15 is 0 Å². The molecule has 0 aliphatic rings. The predicted molar refractivity (Wildman–Crippen MR) is 83.5 cm³/mol. The van der Waals surface area contributed by atoms with Gasteiger partial charge in [0.15, 0.2) is 0 Å². The lowest BCUT2D eigenvalue weighted by molar-refractivity contribution is 0.381. The molecule has 0 fully saturated rings. The molecule has 1 heterocycles. The van der Waals surface area contributed by atoms with Crippen LogP contribution in [0.1, 0.15) is 30.4 Å². The maximum atomic E-state index is 12.8. The summed E-state index contributed by atoms with van der Waals surface area (Å²) in [7, 11) is -1.96. The van der Waals surface area contributed by atoms with E-state index in [1.54, 1.807) is 32.7 Å². The highest BCUT2D eigenvalue weighted by atomic mass is 32.2. The van der Waals surface area contributed by atoms with Gasteiger partial charge in [-0.25, -0.2) is 8.42 Å². The fourth-order valence-electron chi connectivity index (χ4n) is 2.13. The Bertz CT molecular complexity index is 552. The van der Waals surface area contributed by atoms with E-state index in [9.17, 15) is 8.42 Å². The van der Waals surface area contributed by atoms with E-state index in [1.165, 1.54) is 4.31 Å². The number of hydrogen-bond acceptors (Lipinski definition) is 5. The van der Waals surface area contributed by atoms with Crippen LogP contribution in [0.15, 0.2) is 9.31 Å². The molecule has 1 atom stereocenters. The van der Waals surface area contributed by atoms with Gasteiger partial charge >= 0.3 is 0 Å². The van der Waals surface area contributed by atoms with Crippen LogP contribution in [0.4, 0.5) is 0 Å². The molecule has 0 spiro atoms. The minimum absolute atomic E-state index is 0.0623. The molecule has 1 rings (SSSR count). The standard InChI is InChI=1S/C13H24N2O3S2/c1-9(6-7-19-5)15(4)20(16,17)13-11(3)18-10(2)12(13)8-14/h9H,6-8,14H2,1-5H3. The molecule has 0 saturated heterocycles. The molecule has 0 aromatic carbocycles. The zero-order valence-corrected chi connectivity index (χ0v) is 14.4. The van der Waals surface area contributed by atoms with Crippen LogP contribution in [0.2, 0.25) is 0 Å². The third-order valence-corrected chi connectivity index (χ3v) is 6.34. The van der Waals surface area contributed by atoms with E-state index < -0.39 is 10.0 Å². The van der Waals surface area contributed by atoms with Gasteiger partial charge < -0.3 is 10.2 Å². The van der Waals surface area contributed by atoms with Gasteiger partial charge in [-0.3, -0.25) is 0 Å². The normalized spacial score (nSPS) is 13.9. The lowest BCUT2D eigenvalue weighted by Gasteiger charge is -2.24. The lowest BCUT2D eigenvalue weighted by atomic mass is 10.2. The second-order valence-electron chi connectivity index (χ2n) is 4.88. The van der Waals surface area contributed by atoms with E-state index in [2.05, 4.69) is 0 Å². The first kappa shape index (κ1) is 17.6. The smallest absolute Gasteiger partial charge is 0.246 e. The highest BCUT2D eigenvalue weighted by molar-refractivity contribution is 7.98. The molecule has 1 aromatic rings. The average molecular weight is 320 g/mol. The van der Waals surface area contributed by atoms with Gasteiger partial charge in [0.25, 0.3) is 0 Å². The van der Waals surface area contributed by atoms with Crippen molar-refractivity contribution in [1.82, 2.24) is 4.31 Å². The number of hydrogen-bond donors (Lipinski definition) is 1. The minimum atomic E-state index is -3.57. The molecule has 0 aliphatic heterocycles. The highest BCUT2D eigenvalue weighted by Gasteiger charge is 2.32. The van der Waals surface area contributed by atoms with Crippen molar-refractivity contribution in [3.63, 3.8) is 0 Å². The van der Waals surface area contributed by atoms with Crippen molar-refractivity contribution in [1.29, 1.82) is 0 Å². The molecule has 0 bridgehead atoms. The Morgan fingerprint density at radius 3 is 2.45 bits per heavy atom. The quantitative estimate of drug-likeness (QED) is 0.832. The fourth-order valence-corrected chi connectivity index (χ4v) is 4.52. The van der Waals surface area contributed by atoms with E-state index in [1.807, 2.05) is 13.2 Å². The van der Waals surface area contributed by atoms with Crippen LogP contribution in [-0.4, -0.2) is 37.8 Å². The Labute approximate surface area is 125 Å². The molecule has 1 aromatic heterocycles. The van der Waals surface area contributed by atoms with Gasteiger partial charge in [0.05, 0.1) is 0 Å². The first-order valence-corrected chi connectivity index (χ1v) is 9.36. The van der Waals surface area contributed by atoms with E-state index in [-0.39, 0.29) is 17.5 Å². The average Bonchev–Trinajstić information content (AvgIpc) is 2.69. The van der Waals surface area contributed by atoms with Crippen molar-refractivity contribution in [3.8, 4) is 0 Å². The van der Waals surface area contributed by atoms with Gasteiger partial charge in [0.2, 0.25) is 10.0 Å². The second kappa shape index (κ2) is 6.98. The van der Waals surface area contributed by atoms with Crippen LogP contribution in [-0.2, 0) is 16.6 Å². The number of sulfonamides is 1. The summed E-state index contributed by atoms with van der Waals surface area (Å²) >= 11 is 1.71. The molecule has 7 heteroatoms. The largest absolute Gasteiger partial charge is 0.465 e. The summed E-state index contributed by atoms with van der Waals surface area (Å²) < 4.78 is 32.4. The Balaban J connectivity index is 3.17. The first-order chi connectivity index (χ1) is 9.27. The van der Waals surface area contributed by atoms with Crippen molar-refractivity contribution in [3.05, 3.63) is 17.1 Å². The summed E-state index contributed by atoms with van der Waals surface area (Å²) in [4.78, 5) is 0.232. The van der Waals surface area contributed by atoms with Crippen LogP contribution < -0.4 is 5.73 Å². The van der Waals surface area contributed by atoms with Crippen molar-refractivity contribution in [2.45, 2.75) is 44.7 Å². The van der Waals surface area contributed by atoms with Crippen LogP contribution in [0, 0.1) is 13.8 Å². The number of rotatable bonds is 7. The number of aryl methyl sites for hydroxylation is 2.